The normalized spacial score (nSPS) is 13.6. The molecule has 1 rings (SSSR count). The molecule has 0 spiro atoms. The Balaban J connectivity index is 2.82. The van der Waals surface area contributed by atoms with E-state index in [-0.39, 0.29) is 6.04 Å². The summed E-state index contributed by atoms with van der Waals surface area (Å²) in [7, 11) is 0. The number of nitrogens with two attached hydrogens (primary N) is 2. The summed E-state index contributed by atoms with van der Waals surface area (Å²) in [5, 5.41) is 3.24. The van der Waals surface area contributed by atoms with Gasteiger partial charge in [0, 0.05) is 13.1 Å². The quantitative estimate of drug-likeness (QED) is 0.664. The lowest BCUT2D eigenvalue weighted by molar-refractivity contribution is 0.0922. The summed E-state index contributed by atoms with van der Waals surface area (Å²) in [5.41, 5.74) is 11.6. The molecule has 0 saturated heterocycles. The van der Waals surface area contributed by atoms with Crippen molar-refractivity contribution in [2.75, 3.05) is 19.7 Å². The zero-order chi connectivity index (χ0) is 15.0. The van der Waals surface area contributed by atoms with Crippen LogP contribution in [-0.2, 0) is 4.74 Å². The minimum Gasteiger partial charge on any atom is -0.494 e. The summed E-state index contributed by atoms with van der Waals surface area (Å²) < 4.78 is 10.4. The highest BCUT2D eigenvalue weighted by molar-refractivity contribution is 5.64. The SMILES string of the molecule is CCOc1ccc([C@@H](NCCN)C(C)OC(N)=O)cc1. The van der Waals surface area contributed by atoms with Crippen molar-refractivity contribution in [2.45, 2.75) is 26.0 Å². The van der Waals surface area contributed by atoms with Gasteiger partial charge in [0.1, 0.15) is 11.9 Å². The van der Waals surface area contributed by atoms with Crippen molar-refractivity contribution < 1.29 is 14.3 Å². The van der Waals surface area contributed by atoms with E-state index in [9.17, 15) is 4.79 Å². The van der Waals surface area contributed by atoms with Gasteiger partial charge in [-0.3, -0.25) is 0 Å². The zero-order valence-corrected chi connectivity index (χ0v) is 12.0. The molecule has 0 bridgehead atoms. The van der Waals surface area contributed by atoms with E-state index >= 15 is 0 Å². The summed E-state index contributed by atoms with van der Waals surface area (Å²) in [5.74, 6) is 0.803. The number of benzene rings is 1. The first-order valence-corrected chi connectivity index (χ1v) is 6.70. The third-order valence-electron chi connectivity index (χ3n) is 2.83. The van der Waals surface area contributed by atoms with Crippen molar-refractivity contribution in [1.29, 1.82) is 0 Å². The summed E-state index contributed by atoms with van der Waals surface area (Å²) in [6.45, 7) is 5.45. The molecule has 0 aliphatic rings. The summed E-state index contributed by atoms with van der Waals surface area (Å²) in [4.78, 5) is 10.9. The molecule has 1 unspecified atom stereocenters. The molecule has 0 radical (unpaired) electrons. The predicted molar refractivity (Wildman–Crippen MR) is 77.5 cm³/mol. The summed E-state index contributed by atoms with van der Waals surface area (Å²) >= 11 is 0. The van der Waals surface area contributed by atoms with Gasteiger partial charge in [0.15, 0.2) is 0 Å². The Hall–Kier alpha value is -1.79. The predicted octanol–water partition coefficient (Wildman–Crippen LogP) is 1.16. The number of primary amides is 1. The maximum atomic E-state index is 10.9. The first-order valence-electron chi connectivity index (χ1n) is 6.70. The first-order chi connectivity index (χ1) is 9.58. The second-order valence-electron chi connectivity index (χ2n) is 4.36. The van der Waals surface area contributed by atoms with Crippen molar-refractivity contribution in [1.82, 2.24) is 5.32 Å². The maximum Gasteiger partial charge on any atom is 0.404 e. The smallest absolute Gasteiger partial charge is 0.404 e. The Labute approximate surface area is 119 Å². The van der Waals surface area contributed by atoms with Crippen LogP contribution >= 0.6 is 0 Å². The van der Waals surface area contributed by atoms with Gasteiger partial charge in [-0.25, -0.2) is 4.79 Å². The lowest BCUT2D eigenvalue weighted by Crippen LogP contribution is -2.37. The molecular formula is C14H23N3O3. The fourth-order valence-electron chi connectivity index (χ4n) is 1.98. The molecule has 112 valence electrons. The highest BCUT2D eigenvalue weighted by atomic mass is 16.6. The average molecular weight is 281 g/mol. The molecule has 1 amide bonds. The van der Waals surface area contributed by atoms with Gasteiger partial charge in [-0.15, -0.1) is 0 Å². The molecule has 1 aromatic carbocycles. The molecule has 20 heavy (non-hydrogen) atoms. The van der Waals surface area contributed by atoms with Crippen molar-refractivity contribution in [2.24, 2.45) is 11.5 Å². The molecule has 0 aliphatic heterocycles. The number of nitrogens with one attached hydrogen (secondary N) is 1. The third kappa shape index (κ3) is 5.07. The maximum absolute atomic E-state index is 10.9. The van der Waals surface area contributed by atoms with Crippen LogP contribution in [0, 0.1) is 0 Å². The van der Waals surface area contributed by atoms with Gasteiger partial charge in [-0.05, 0) is 31.5 Å². The van der Waals surface area contributed by atoms with E-state index in [0.29, 0.717) is 19.7 Å². The number of hydrogen-bond acceptors (Lipinski definition) is 5. The lowest BCUT2D eigenvalue weighted by Gasteiger charge is -2.25. The van der Waals surface area contributed by atoms with E-state index in [1.807, 2.05) is 31.2 Å². The van der Waals surface area contributed by atoms with Crippen LogP contribution in [0.15, 0.2) is 24.3 Å². The lowest BCUT2D eigenvalue weighted by atomic mass is 10.0. The van der Waals surface area contributed by atoms with E-state index in [1.165, 1.54) is 0 Å². The second-order valence-corrected chi connectivity index (χ2v) is 4.36. The van der Waals surface area contributed by atoms with E-state index in [2.05, 4.69) is 5.32 Å². The van der Waals surface area contributed by atoms with Crippen molar-refractivity contribution in [3.05, 3.63) is 29.8 Å². The Morgan fingerprint density at radius 3 is 2.50 bits per heavy atom. The van der Waals surface area contributed by atoms with Gasteiger partial charge >= 0.3 is 6.09 Å². The van der Waals surface area contributed by atoms with Gasteiger partial charge in [-0.2, -0.15) is 0 Å². The zero-order valence-electron chi connectivity index (χ0n) is 12.0. The molecule has 0 fully saturated rings. The molecule has 0 heterocycles. The minimum atomic E-state index is -0.789. The largest absolute Gasteiger partial charge is 0.494 e. The fraction of sp³-hybridized carbons (Fsp3) is 0.500. The Morgan fingerprint density at radius 2 is 2.00 bits per heavy atom. The Kier molecular flexibility index (Phi) is 6.83. The van der Waals surface area contributed by atoms with Crippen LogP contribution in [0.25, 0.3) is 0 Å². The molecule has 0 aliphatic carbocycles. The van der Waals surface area contributed by atoms with E-state index in [0.717, 1.165) is 11.3 Å². The molecule has 1 aromatic rings. The van der Waals surface area contributed by atoms with Crippen LogP contribution in [-0.4, -0.2) is 31.9 Å². The molecule has 6 heteroatoms. The van der Waals surface area contributed by atoms with Crippen LogP contribution in [0.5, 0.6) is 5.75 Å². The molecule has 5 N–H and O–H groups in total. The van der Waals surface area contributed by atoms with Gasteiger partial charge in [0.2, 0.25) is 0 Å². The molecule has 0 saturated carbocycles. The summed E-state index contributed by atoms with van der Waals surface area (Å²) in [6.07, 6.45) is -1.18. The highest BCUT2D eigenvalue weighted by Crippen LogP contribution is 2.22. The van der Waals surface area contributed by atoms with Crippen LogP contribution < -0.4 is 21.5 Å². The van der Waals surface area contributed by atoms with Crippen LogP contribution in [0.3, 0.4) is 0 Å². The van der Waals surface area contributed by atoms with E-state index < -0.39 is 12.2 Å². The average Bonchev–Trinajstić information content (AvgIpc) is 2.40. The van der Waals surface area contributed by atoms with Gasteiger partial charge in [-0.1, -0.05) is 12.1 Å². The van der Waals surface area contributed by atoms with Crippen LogP contribution in [0.2, 0.25) is 0 Å². The van der Waals surface area contributed by atoms with Gasteiger partial charge in [0.25, 0.3) is 0 Å². The third-order valence-corrected chi connectivity index (χ3v) is 2.83. The monoisotopic (exact) mass is 281 g/mol. The highest BCUT2D eigenvalue weighted by Gasteiger charge is 2.21. The first kappa shape index (κ1) is 16.3. The number of carbonyl (C=O) groups excluding carboxylic acids is 1. The minimum absolute atomic E-state index is 0.165. The van der Waals surface area contributed by atoms with Gasteiger partial charge < -0.3 is 26.3 Å². The van der Waals surface area contributed by atoms with Gasteiger partial charge in [0.05, 0.1) is 12.6 Å². The number of amides is 1. The van der Waals surface area contributed by atoms with Crippen LogP contribution in [0.1, 0.15) is 25.5 Å². The Morgan fingerprint density at radius 1 is 1.35 bits per heavy atom. The second kappa shape index (κ2) is 8.39. The van der Waals surface area contributed by atoms with E-state index in [4.69, 9.17) is 20.9 Å². The number of carbonyl (C=O) groups is 1. The molecule has 6 nitrogen and oxygen atoms in total. The standard InChI is InChI=1S/C14H23N3O3/c1-3-19-12-6-4-11(5-7-12)13(17-9-8-15)10(2)20-14(16)18/h4-7,10,13,17H,3,8-9,15H2,1-2H3,(H2,16,18)/t10?,13-/m0/s1. The fourth-order valence-corrected chi connectivity index (χ4v) is 1.98. The number of hydrogen-bond donors (Lipinski definition) is 3. The summed E-state index contributed by atoms with van der Waals surface area (Å²) in [6, 6.07) is 7.46. The number of rotatable bonds is 8. The molecule has 0 aromatic heterocycles. The number of ether oxygens (including phenoxy) is 2. The van der Waals surface area contributed by atoms with Crippen molar-refractivity contribution in [3.8, 4) is 5.75 Å². The van der Waals surface area contributed by atoms with Crippen molar-refractivity contribution in [3.63, 3.8) is 0 Å². The van der Waals surface area contributed by atoms with Crippen molar-refractivity contribution >= 4 is 6.09 Å². The molecular weight excluding hydrogens is 258 g/mol. The molecule has 2 atom stereocenters. The Bertz CT molecular complexity index is 409. The topological polar surface area (TPSA) is 99.6 Å². The van der Waals surface area contributed by atoms with Crippen LogP contribution in [0.4, 0.5) is 4.79 Å². The van der Waals surface area contributed by atoms with E-state index in [1.54, 1.807) is 6.92 Å².